The molecule has 1 aliphatic heterocycles. The van der Waals surface area contributed by atoms with Crippen LogP contribution < -0.4 is 14.7 Å². The quantitative estimate of drug-likeness (QED) is 0.850. The van der Waals surface area contributed by atoms with Gasteiger partial charge in [-0.1, -0.05) is 0 Å². The number of piperazine rings is 1. The summed E-state index contributed by atoms with van der Waals surface area (Å²) in [6, 6.07) is 2.02. The maximum atomic E-state index is 4.85. The Morgan fingerprint density at radius 2 is 1.75 bits per heavy atom. The predicted octanol–water partition coefficient (Wildman–Crippen LogP) is 2.12. The summed E-state index contributed by atoms with van der Waals surface area (Å²) < 4.78 is 0. The van der Waals surface area contributed by atoms with Gasteiger partial charge in [0, 0.05) is 56.9 Å². The number of fused-ring (bicyclic) bond motifs is 1. The summed E-state index contributed by atoms with van der Waals surface area (Å²) in [5, 5.41) is 1.21. The average molecular weight is 344 g/mol. The van der Waals surface area contributed by atoms with Crippen LogP contribution in [0, 0.1) is 6.92 Å². The van der Waals surface area contributed by atoms with E-state index in [1.54, 1.807) is 0 Å². The van der Waals surface area contributed by atoms with Crippen molar-refractivity contribution in [2.75, 3.05) is 55.0 Å². The number of aromatic nitrogens is 3. The number of hydrogen-bond donors (Lipinski definition) is 0. The molecule has 0 spiro atoms. The lowest BCUT2D eigenvalue weighted by molar-refractivity contribution is 0.637. The molecule has 4 rings (SSSR count). The van der Waals surface area contributed by atoms with Crippen molar-refractivity contribution in [3.8, 4) is 0 Å². The summed E-state index contributed by atoms with van der Waals surface area (Å²) >= 11 is 1.89. The summed E-state index contributed by atoms with van der Waals surface area (Å²) in [6.45, 7) is 5.90. The fraction of sp³-hybridized carbons (Fsp3) is 0.588. The average Bonchev–Trinajstić information content (AvgIpc) is 3.16. The van der Waals surface area contributed by atoms with Crippen LogP contribution in [0.1, 0.15) is 22.7 Å². The van der Waals surface area contributed by atoms with Crippen molar-refractivity contribution in [1.29, 1.82) is 0 Å². The molecule has 0 unspecified atom stereocenters. The molecule has 0 aromatic carbocycles. The fourth-order valence-electron chi connectivity index (χ4n) is 3.32. The lowest BCUT2D eigenvalue weighted by Crippen LogP contribution is -2.47. The maximum absolute atomic E-state index is 4.85. The summed E-state index contributed by atoms with van der Waals surface area (Å²) in [4.78, 5) is 22.4. The Kier molecular flexibility index (Phi) is 4.04. The molecule has 0 amide bonds. The van der Waals surface area contributed by atoms with Gasteiger partial charge in [0.25, 0.3) is 0 Å². The van der Waals surface area contributed by atoms with Crippen molar-refractivity contribution in [1.82, 2.24) is 15.0 Å². The molecule has 6 nitrogen and oxygen atoms in total. The van der Waals surface area contributed by atoms with E-state index in [0.29, 0.717) is 0 Å². The lowest BCUT2D eigenvalue weighted by Gasteiger charge is -2.35. The standard InChI is InChI=1S/C17H24N6S/c1-12-11-15(21(2)3)20-16(18-12)22-7-9-23(10-8-22)17-19-13-5-4-6-14(13)24-17/h11H,4-10H2,1-3H3. The summed E-state index contributed by atoms with van der Waals surface area (Å²) in [5.74, 6) is 1.82. The fourth-order valence-corrected chi connectivity index (χ4v) is 4.52. The first-order valence-electron chi connectivity index (χ1n) is 8.61. The molecule has 3 heterocycles. The number of nitrogens with zero attached hydrogens (tertiary/aromatic N) is 6. The zero-order chi connectivity index (χ0) is 16.7. The Bertz CT molecular complexity index is 711. The van der Waals surface area contributed by atoms with Gasteiger partial charge in [-0.3, -0.25) is 0 Å². The van der Waals surface area contributed by atoms with Crippen molar-refractivity contribution < 1.29 is 0 Å². The molecular formula is C17H24N6S. The molecule has 7 heteroatoms. The van der Waals surface area contributed by atoms with E-state index in [-0.39, 0.29) is 0 Å². The van der Waals surface area contributed by atoms with E-state index in [1.165, 1.54) is 28.5 Å². The van der Waals surface area contributed by atoms with E-state index < -0.39 is 0 Å². The van der Waals surface area contributed by atoms with Crippen LogP contribution >= 0.6 is 11.3 Å². The molecular weight excluding hydrogens is 320 g/mol. The van der Waals surface area contributed by atoms with Gasteiger partial charge in [0.2, 0.25) is 5.95 Å². The van der Waals surface area contributed by atoms with Crippen molar-refractivity contribution in [3.63, 3.8) is 0 Å². The minimum Gasteiger partial charge on any atom is -0.363 e. The molecule has 2 aromatic rings. The number of thiazole rings is 1. The second kappa shape index (κ2) is 6.20. The van der Waals surface area contributed by atoms with Crippen LogP contribution in [0.25, 0.3) is 0 Å². The van der Waals surface area contributed by atoms with Gasteiger partial charge in [-0.25, -0.2) is 9.97 Å². The summed E-state index contributed by atoms with van der Waals surface area (Å²) in [7, 11) is 4.04. The molecule has 0 N–H and O–H groups in total. The number of hydrogen-bond acceptors (Lipinski definition) is 7. The highest BCUT2D eigenvalue weighted by atomic mass is 32.1. The lowest BCUT2D eigenvalue weighted by atomic mass is 10.3. The zero-order valence-corrected chi connectivity index (χ0v) is 15.4. The van der Waals surface area contributed by atoms with E-state index in [2.05, 4.69) is 14.8 Å². The van der Waals surface area contributed by atoms with Crippen molar-refractivity contribution in [3.05, 3.63) is 22.3 Å². The van der Waals surface area contributed by atoms with E-state index in [1.807, 2.05) is 43.3 Å². The first-order chi connectivity index (χ1) is 11.6. The Balaban J connectivity index is 1.46. The highest BCUT2D eigenvalue weighted by Crippen LogP contribution is 2.33. The van der Waals surface area contributed by atoms with Crippen LogP contribution in [0.2, 0.25) is 0 Å². The molecule has 1 aliphatic carbocycles. The first-order valence-corrected chi connectivity index (χ1v) is 9.43. The Morgan fingerprint density at radius 3 is 2.46 bits per heavy atom. The van der Waals surface area contributed by atoms with E-state index in [9.17, 15) is 0 Å². The molecule has 0 bridgehead atoms. The minimum atomic E-state index is 0.847. The Morgan fingerprint density at radius 1 is 1.00 bits per heavy atom. The molecule has 0 radical (unpaired) electrons. The van der Waals surface area contributed by atoms with Crippen molar-refractivity contribution in [2.24, 2.45) is 0 Å². The second-order valence-corrected chi connectivity index (χ2v) is 7.82. The first kappa shape index (κ1) is 15.6. The topological polar surface area (TPSA) is 48.4 Å². The van der Waals surface area contributed by atoms with Crippen LogP contribution in [-0.2, 0) is 12.8 Å². The van der Waals surface area contributed by atoms with Gasteiger partial charge in [0.05, 0.1) is 5.69 Å². The number of rotatable bonds is 3. The van der Waals surface area contributed by atoms with Crippen LogP contribution in [0.4, 0.5) is 16.9 Å². The highest BCUT2D eigenvalue weighted by molar-refractivity contribution is 7.15. The molecule has 1 saturated heterocycles. The molecule has 0 saturated carbocycles. The third-order valence-electron chi connectivity index (χ3n) is 4.70. The van der Waals surface area contributed by atoms with Gasteiger partial charge in [0.1, 0.15) is 5.82 Å². The van der Waals surface area contributed by atoms with E-state index in [0.717, 1.165) is 50.1 Å². The van der Waals surface area contributed by atoms with Gasteiger partial charge < -0.3 is 14.7 Å². The summed E-state index contributed by atoms with van der Waals surface area (Å²) in [5.41, 5.74) is 2.36. The SMILES string of the molecule is Cc1cc(N(C)C)nc(N2CCN(c3nc4c(s3)CCC4)CC2)n1. The van der Waals surface area contributed by atoms with Crippen LogP contribution in [-0.4, -0.2) is 55.2 Å². The van der Waals surface area contributed by atoms with Crippen molar-refractivity contribution in [2.45, 2.75) is 26.2 Å². The molecule has 0 atom stereocenters. The molecule has 128 valence electrons. The largest absolute Gasteiger partial charge is 0.363 e. The normalized spacial score (nSPS) is 17.3. The van der Waals surface area contributed by atoms with Gasteiger partial charge in [0.15, 0.2) is 5.13 Å². The summed E-state index contributed by atoms with van der Waals surface area (Å²) in [6.07, 6.45) is 3.66. The Hall–Kier alpha value is -1.89. The molecule has 24 heavy (non-hydrogen) atoms. The van der Waals surface area contributed by atoms with E-state index in [4.69, 9.17) is 9.97 Å². The van der Waals surface area contributed by atoms with Gasteiger partial charge in [-0.05, 0) is 26.2 Å². The predicted molar refractivity (Wildman–Crippen MR) is 99.7 cm³/mol. The number of anilines is 3. The molecule has 2 aliphatic rings. The molecule has 2 aromatic heterocycles. The van der Waals surface area contributed by atoms with Gasteiger partial charge in [-0.15, -0.1) is 11.3 Å². The van der Waals surface area contributed by atoms with Crippen LogP contribution in [0.3, 0.4) is 0 Å². The monoisotopic (exact) mass is 344 g/mol. The smallest absolute Gasteiger partial charge is 0.227 e. The Labute approximate surface area is 147 Å². The highest BCUT2D eigenvalue weighted by Gasteiger charge is 2.24. The van der Waals surface area contributed by atoms with Gasteiger partial charge >= 0.3 is 0 Å². The van der Waals surface area contributed by atoms with E-state index >= 15 is 0 Å². The third kappa shape index (κ3) is 2.92. The maximum Gasteiger partial charge on any atom is 0.227 e. The zero-order valence-electron chi connectivity index (χ0n) is 14.6. The van der Waals surface area contributed by atoms with Crippen molar-refractivity contribution >= 4 is 28.2 Å². The number of aryl methyl sites for hydroxylation is 3. The third-order valence-corrected chi connectivity index (χ3v) is 5.92. The van der Waals surface area contributed by atoms with Crippen LogP contribution in [0.15, 0.2) is 6.07 Å². The van der Waals surface area contributed by atoms with Crippen LogP contribution in [0.5, 0.6) is 0 Å². The molecule has 1 fully saturated rings. The second-order valence-electron chi connectivity index (χ2n) is 6.76. The van der Waals surface area contributed by atoms with Gasteiger partial charge in [-0.2, -0.15) is 4.98 Å². The minimum absolute atomic E-state index is 0.847.